The van der Waals surface area contributed by atoms with Crippen molar-refractivity contribution >= 4 is 11.6 Å². The van der Waals surface area contributed by atoms with Crippen LogP contribution in [0.25, 0.3) is 0 Å². The quantitative estimate of drug-likeness (QED) is 0.418. The first-order valence-corrected chi connectivity index (χ1v) is 12.6. The normalized spacial score (nSPS) is 15.5. The number of carbonyl (C=O) groups excluding carboxylic acids is 1. The van der Waals surface area contributed by atoms with Crippen LogP contribution in [-0.4, -0.2) is 79.0 Å². The van der Waals surface area contributed by atoms with Gasteiger partial charge in [0.1, 0.15) is 6.07 Å². The summed E-state index contributed by atoms with van der Waals surface area (Å²) in [5.74, 6) is -0.177. The Bertz CT molecular complexity index is 1160. The molecular formula is C29H33N5O3. The second-order valence-electron chi connectivity index (χ2n) is 9.20. The van der Waals surface area contributed by atoms with Crippen LogP contribution in [0.1, 0.15) is 21.5 Å². The van der Waals surface area contributed by atoms with E-state index in [1.165, 1.54) is 0 Å². The minimum Gasteiger partial charge on any atom is -0.389 e. The number of pyridine rings is 1. The molecule has 192 valence electrons. The van der Waals surface area contributed by atoms with E-state index >= 15 is 0 Å². The summed E-state index contributed by atoms with van der Waals surface area (Å²) in [5, 5.41) is 23.0. The highest BCUT2D eigenvalue weighted by molar-refractivity contribution is 5.94. The Kier molecular flexibility index (Phi) is 9.60. The minimum absolute atomic E-state index is 0.177. The Hall–Kier alpha value is -3.77. The van der Waals surface area contributed by atoms with Crippen molar-refractivity contribution in [1.29, 1.82) is 5.26 Å². The number of piperazine rings is 1. The number of hydrogen-bond acceptors (Lipinski definition) is 7. The molecule has 1 fully saturated rings. The fraction of sp³-hybridized carbons (Fsp3) is 0.345. The highest BCUT2D eigenvalue weighted by Crippen LogP contribution is 2.21. The lowest BCUT2D eigenvalue weighted by atomic mass is 10.1. The molecule has 0 unspecified atom stereocenters. The molecule has 0 radical (unpaired) electrons. The molecule has 1 aliphatic rings. The second-order valence-corrected chi connectivity index (χ2v) is 9.20. The summed E-state index contributed by atoms with van der Waals surface area (Å²) >= 11 is 0. The Morgan fingerprint density at radius 2 is 1.70 bits per heavy atom. The number of nitrogens with one attached hydrogen (secondary N) is 1. The molecule has 2 heterocycles. The van der Waals surface area contributed by atoms with Gasteiger partial charge in [-0.05, 0) is 36.2 Å². The zero-order chi connectivity index (χ0) is 25.9. The predicted molar refractivity (Wildman–Crippen MR) is 142 cm³/mol. The summed E-state index contributed by atoms with van der Waals surface area (Å²) in [4.78, 5) is 21.1. The number of β-amino-alcohol motifs (C(OH)–C–C–N with tert-alkyl or cyclic N) is 1. The standard InChI is InChI=1S/C29H33N5O3/c30-19-25-8-4-5-9-28(25)34-16-14-33(15-17-34)20-27(35)22-37-21-26(18-23-6-2-1-3-7-23)32-29(36)24-10-12-31-13-11-24/h1-13,26-27,35H,14-18,20-22H2,(H,32,36)/t26-,27+/m1/s1. The second kappa shape index (κ2) is 13.5. The van der Waals surface area contributed by atoms with Crippen LogP contribution >= 0.6 is 0 Å². The number of aliphatic hydroxyl groups is 1. The molecule has 0 bridgehead atoms. The molecule has 3 aromatic rings. The van der Waals surface area contributed by atoms with Gasteiger partial charge < -0.3 is 20.1 Å². The van der Waals surface area contributed by atoms with Crippen LogP contribution in [0.5, 0.6) is 0 Å². The third-order valence-corrected chi connectivity index (χ3v) is 6.44. The van der Waals surface area contributed by atoms with E-state index in [0.717, 1.165) is 37.4 Å². The van der Waals surface area contributed by atoms with Crippen LogP contribution in [0, 0.1) is 11.3 Å². The number of hydrogen-bond donors (Lipinski definition) is 2. The topological polar surface area (TPSA) is 102 Å². The zero-order valence-corrected chi connectivity index (χ0v) is 20.9. The Morgan fingerprint density at radius 3 is 2.43 bits per heavy atom. The van der Waals surface area contributed by atoms with Gasteiger partial charge in [0.2, 0.25) is 0 Å². The van der Waals surface area contributed by atoms with Crippen LogP contribution in [0.3, 0.4) is 0 Å². The van der Waals surface area contributed by atoms with E-state index in [9.17, 15) is 15.2 Å². The summed E-state index contributed by atoms with van der Waals surface area (Å²) in [6.07, 6.45) is 3.18. The van der Waals surface area contributed by atoms with Gasteiger partial charge in [0.15, 0.2) is 0 Å². The number of aliphatic hydroxyl groups excluding tert-OH is 1. The van der Waals surface area contributed by atoms with Crippen LogP contribution < -0.4 is 10.2 Å². The van der Waals surface area contributed by atoms with Gasteiger partial charge in [-0.25, -0.2) is 0 Å². The van der Waals surface area contributed by atoms with Crippen LogP contribution in [0.2, 0.25) is 0 Å². The molecule has 2 aromatic carbocycles. The molecule has 8 nitrogen and oxygen atoms in total. The molecule has 2 atom stereocenters. The number of para-hydroxylation sites is 1. The molecule has 2 N–H and O–H groups in total. The lowest BCUT2D eigenvalue weighted by Crippen LogP contribution is -2.49. The largest absolute Gasteiger partial charge is 0.389 e. The number of carbonyl (C=O) groups is 1. The van der Waals surface area contributed by atoms with Gasteiger partial charge in [-0.2, -0.15) is 5.26 Å². The van der Waals surface area contributed by atoms with Crippen molar-refractivity contribution < 1.29 is 14.6 Å². The molecule has 1 aliphatic heterocycles. The van der Waals surface area contributed by atoms with Gasteiger partial charge in [0.25, 0.3) is 5.91 Å². The first-order chi connectivity index (χ1) is 18.1. The van der Waals surface area contributed by atoms with E-state index in [1.807, 2.05) is 54.6 Å². The van der Waals surface area contributed by atoms with E-state index in [1.54, 1.807) is 24.5 Å². The van der Waals surface area contributed by atoms with Gasteiger partial charge in [0.05, 0.1) is 36.6 Å². The molecule has 0 saturated carbocycles. The fourth-order valence-electron chi connectivity index (χ4n) is 4.53. The summed E-state index contributed by atoms with van der Waals surface area (Å²) in [6.45, 7) is 4.19. The maximum absolute atomic E-state index is 12.7. The Labute approximate surface area is 218 Å². The molecule has 0 spiro atoms. The summed E-state index contributed by atoms with van der Waals surface area (Å²) < 4.78 is 5.88. The average Bonchev–Trinajstić information content (AvgIpc) is 2.94. The molecule has 1 amide bonds. The van der Waals surface area contributed by atoms with Crippen molar-refractivity contribution in [3.8, 4) is 6.07 Å². The summed E-state index contributed by atoms with van der Waals surface area (Å²) in [7, 11) is 0. The minimum atomic E-state index is -0.633. The number of rotatable bonds is 11. The number of nitriles is 1. The SMILES string of the molecule is N#Cc1ccccc1N1CCN(C[C@H](O)COC[C@@H](Cc2ccccc2)NC(=O)c2ccncc2)CC1. The van der Waals surface area contributed by atoms with Crippen molar-refractivity contribution in [2.24, 2.45) is 0 Å². The number of amides is 1. The Balaban J connectivity index is 1.24. The molecule has 1 aromatic heterocycles. The number of nitrogens with zero attached hydrogens (tertiary/aromatic N) is 4. The lowest BCUT2D eigenvalue weighted by Gasteiger charge is -2.37. The molecule has 4 rings (SSSR count). The third kappa shape index (κ3) is 7.86. The predicted octanol–water partition coefficient (Wildman–Crippen LogP) is 2.49. The van der Waals surface area contributed by atoms with Crippen molar-refractivity contribution in [3.05, 3.63) is 95.8 Å². The van der Waals surface area contributed by atoms with Gasteiger partial charge >= 0.3 is 0 Å². The zero-order valence-electron chi connectivity index (χ0n) is 20.9. The van der Waals surface area contributed by atoms with Crippen molar-refractivity contribution in [2.75, 3.05) is 50.8 Å². The maximum Gasteiger partial charge on any atom is 0.251 e. The van der Waals surface area contributed by atoms with Crippen molar-refractivity contribution in [3.63, 3.8) is 0 Å². The summed E-state index contributed by atoms with van der Waals surface area (Å²) in [6, 6.07) is 23.0. The first kappa shape index (κ1) is 26.3. The van der Waals surface area contributed by atoms with E-state index in [4.69, 9.17) is 4.74 Å². The number of ether oxygens (including phenoxy) is 1. The lowest BCUT2D eigenvalue weighted by molar-refractivity contribution is 0.00896. The van der Waals surface area contributed by atoms with Crippen molar-refractivity contribution in [2.45, 2.75) is 18.6 Å². The summed E-state index contributed by atoms with van der Waals surface area (Å²) in [5.41, 5.74) is 3.30. The molecule has 8 heteroatoms. The van der Waals surface area contributed by atoms with E-state index in [-0.39, 0.29) is 18.6 Å². The Morgan fingerprint density at radius 1 is 1.00 bits per heavy atom. The van der Waals surface area contributed by atoms with Crippen LogP contribution in [0.4, 0.5) is 5.69 Å². The third-order valence-electron chi connectivity index (χ3n) is 6.44. The fourth-order valence-corrected chi connectivity index (χ4v) is 4.53. The van der Waals surface area contributed by atoms with Crippen molar-refractivity contribution in [1.82, 2.24) is 15.2 Å². The van der Waals surface area contributed by atoms with Gasteiger partial charge in [0, 0.05) is 50.7 Å². The van der Waals surface area contributed by atoms with Gasteiger partial charge in [-0.15, -0.1) is 0 Å². The van der Waals surface area contributed by atoms with Gasteiger partial charge in [-0.3, -0.25) is 14.7 Å². The van der Waals surface area contributed by atoms with E-state index in [2.05, 4.69) is 26.2 Å². The first-order valence-electron chi connectivity index (χ1n) is 12.6. The molecule has 0 aliphatic carbocycles. The van der Waals surface area contributed by atoms with Crippen LogP contribution in [0.15, 0.2) is 79.1 Å². The molecule has 37 heavy (non-hydrogen) atoms. The number of anilines is 1. The average molecular weight is 500 g/mol. The van der Waals surface area contributed by atoms with E-state index < -0.39 is 6.10 Å². The van der Waals surface area contributed by atoms with Crippen LogP contribution in [-0.2, 0) is 11.2 Å². The highest BCUT2D eigenvalue weighted by atomic mass is 16.5. The number of aromatic nitrogens is 1. The molecular weight excluding hydrogens is 466 g/mol. The smallest absolute Gasteiger partial charge is 0.251 e. The highest BCUT2D eigenvalue weighted by Gasteiger charge is 2.22. The monoisotopic (exact) mass is 499 g/mol. The molecule has 1 saturated heterocycles. The van der Waals surface area contributed by atoms with E-state index in [0.29, 0.717) is 30.7 Å². The van der Waals surface area contributed by atoms with Gasteiger partial charge in [-0.1, -0.05) is 42.5 Å². The number of benzene rings is 2. The maximum atomic E-state index is 12.7.